The molecule has 0 amide bonds. The minimum absolute atomic E-state index is 0.0179. The number of nitrogens with zero attached hydrogens (tertiary/aromatic N) is 1. The van der Waals surface area contributed by atoms with E-state index in [1.165, 1.54) is 4.90 Å². The Bertz CT molecular complexity index is 1200. The number of aliphatic carboxylic acids is 1. The number of alkyl halides is 3. The highest BCUT2D eigenvalue weighted by atomic mass is 19.4. The molecule has 0 radical (unpaired) electrons. The van der Waals surface area contributed by atoms with E-state index in [9.17, 15) is 33.4 Å². The molecular weight excluding hydrogens is 651 g/mol. The molecule has 5 fully saturated rings. The van der Waals surface area contributed by atoms with Gasteiger partial charge in [0.1, 0.15) is 11.2 Å². The molecule has 2 aliphatic carbocycles. The predicted octanol–water partition coefficient (Wildman–Crippen LogP) is 5.71. The Balaban J connectivity index is 1.09. The van der Waals surface area contributed by atoms with Gasteiger partial charge in [0.25, 0.3) is 0 Å². The second kappa shape index (κ2) is 14.8. The van der Waals surface area contributed by atoms with Gasteiger partial charge in [-0.15, -0.1) is 0 Å². The lowest BCUT2D eigenvalue weighted by Gasteiger charge is -2.55. The molecule has 14 heteroatoms. The molecule has 6 rings (SSSR count). The summed E-state index contributed by atoms with van der Waals surface area (Å²) in [4.78, 5) is 18.6. The smallest absolute Gasteiger partial charge is 0.449 e. The van der Waals surface area contributed by atoms with Crippen molar-refractivity contribution in [1.29, 1.82) is 0 Å². The first-order chi connectivity index (χ1) is 23.3. The summed E-state index contributed by atoms with van der Waals surface area (Å²) in [5.41, 5.74) is -1.89. The molecule has 0 aromatic rings. The van der Waals surface area contributed by atoms with Crippen LogP contribution >= 0.6 is 0 Å². The Labute approximate surface area is 286 Å². The number of allylic oxidation sites excluding steroid dienone is 1. The van der Waals surface area contributed by atoms with E-state index in [0.29, 0.717) is 25.7 Å². The molecule has 2 bridgehead atoms. The summed E-state index contributed by atoms with van der Waals surface area (Å²) in [5, 5.41) is 30.9. The topological polar surface area (TPSA) is 136 Å². The molecule has 3 saturated heterocycles. The van der Waals surface area contributed by atoms with Crippen LogP contribution in [0.25, 0.3) is 0 Å². The first kappa shape index (κ1) is 37.2. The summed E-state index contributed by atoms with van der Waals surface area (Å²) in [6.45, 7) is 5.96. The Morgan fingerprint density at radius 3 is 2.61 bits per heavy atom. The fourth-order valence-corrected chi connectivity index (χ4v) is 10.2. The van der Waals surface area contributed by atoms with E-state index in [1.54, 1.807) is 0 Å². The molecule has 1 spiro atoms. The quantitative estimate of drug-likeness (QED) is 0.0942. The second-order valence-corrected chi connectivity index (χ2v) is 15.5. The van der Waals surface area contributed by atoms with Gasteiger partial charge in [-0.25, -0.2) is 4.89 Å². The summed E-state index contributed by atoms with van der Waals surface area (Å²) in [6.07, 6.45) is 0.238. The summed E-state index contributed by atoms with van der Waals surface area (Å²) in [6, 6.07) is 0. The zero-order chi connectivity index (χ0) is 35.1. The number of rotatable bonds is 13. The molecule has 49 heavy (non-hydrogen) atoms. The Morgan fingerprint density at radius 1 is 1.08 bits per heavy atom. The second-order valence-electron chi connectivity index (χ2n) is 15.5. The van der Waals surface area contributed by atoms with Crippen molar-refractivity contribution in [3.05, 3.63) is 11.3 Å². The number of aliphatic hydroxyl groups excluding tert-OH is 1. The number of fused-ring (bicyclic) bond motifs is 2. The molecule has 6 aliphatic rings. The molecule has 0 aromatic carbocycles. The number of aliphatic hydroxyl groups is 1. The van der Waals surface area contributed by atoms with Crippen LogP contribution in [0.1, 0.15) is 91.4 Å². The van der Waals surface area contributed by atoms with Crippen LogP contribution in [0.3, 0.4) is 0 Å². The molecule has 12 unspecified atom stereocenters. The third kappa shape index (κ3) is 7.14. The number of hydrogen-bond donors (Lipinski definition) is 3. The van der Waals surface area contributed by atoms with Gasteiger partial charge in [-0.3, -0.25) is 15.0 Å². The van der Waals surface area contributed by atoms with Crippen molar-refractivity contribution in [2.24, 2.45) is 35.5 Å². The zero-order valence-corrected chi connectivity index (χ0v) is 28.9. The number of carboxylic acids is 1. The summed E-state index contributed by atoms with van der Waals surface area (Å²) >= 11 is 0. The summed E-state index contributed by atoms with van der Waals surface area (Å²) in [7, 11) is 0. The van der Waals surface area contributed by atoms with Crippen molar-refractivity contribution in [3.8, 4) is 0 Å². The molecule has 2 saturated carbocycles. The maximum absolute atomic E-state index is 14.5. The van der Waals surface area contributed by atoms with Crippen LogP contribution in [-0.2, 0) is 33.4 Å². The SMILES string of the molecule is CC1CCC2CCCC(C(C)C(O)OCCCCN(CC(=O)O)CC3=C(C(F)(F)F)OC4OC5CCC6C(C)CCC3C46O5)C2(OO)CO1. The fraction of sp³-hybridized carbons (Fsp3) is 0.914. The van der Waals surface area contributed by atoms with Gasteiger partial charge in [-0.05, 0) is 101 Å². The minimum Gasteiger partial charge on any atom is -0.480 e. The Kier molecular flexibility index (Phi) is 11.3. The van der Waals surface area contributed by atoms with Gasteiger partial charge in [0.15, 0.2) is 12.6 Å². The van der Waals surface area contributed by atoms with Gasteiger partial charge in [-0.1, -0.05) is 20.3 Å². The maximum Gasteiger partial charge on any atom is 0.449 e. The zero-order valence-electron chi connectivity index (χ0n) is 28.9. The molecule has 280 valence electrons. The maximum atomic E-state index is 14.5. The van der Waals surface area contributed by atoms with Crippen molar-refractivity contribution in [2.75, 3.05) is 32.8 Å². The monoisotopic (exact) mass is 705 g/mol. The lowest BCUT2D eigenvalue weighted by molar-refractivity contribution is -0.375. The lowest BCUT2D eigenvalue weighted by atomic mass is 9.58. The van der Waals surface area contributed by atoms with Gasteiger partial charge >= 0.3 is 12.1 Å². The van der Waals surface area contributed by atoms with Crippen molar-refractivity contribution in [3.63, 3.8) is 0 Å². The summed E-state index contributed by atoms with van der Waals surface area (Å²) < 4.78 is 73.3. The van der Waals surface area contributed by atoms with E-state index in [0.717, 1.165) is 44.9 Å². The highest BCUT2D eigenvalue weighted by Crippen LogP contribution is 2.61. The molecule has 3 N–H and O–H groups in total. The number of hydrogen-bond acceptors (Lipinski definition) is 10. The number of carboxylic acid groups (broad SMARTS) is 1. The number of unbranched alkanes of at least 4 members (excludes halogenated alkanes) is 1. The Hall–Kier alpha value is -1.52. The van der Waals surface area contributed by atoms with E-state index in [1.807, 2.05) is 13.8 Å². The molecular formula is C35H54F3NO10. The molecule has 0 aromatic heterocycles. The molecule has 12 atom stereocenters. The standard InChI is InChI=1S/C35H54F3NO10/c1-20-9-12-27-24(30(35(36,37)38)47-32-34(27)25(20)13-14-29(46-32)48-34)17-39(18-28(40)41)15-4-5-16-44-31(42)22(3)26-8-6-7-23-11-10-21(2)45-19-33(23,26)49-43/h20-23,25-27,29,31-32,42-43H,4-19H2,1-3H3,(H,40,41). The molecule has 11 nitrogen and oxygen atoms in total. The number of carbonyl (C=O) groups is 1. The fourth-order valence-electron chi connectivity index (χ4n) is 10.2. The van der Waals surface area contributed by atoms with E-state index in [4.69, 9.17) is 28.6 Å². The van der Waals surface area contributed by atoms with Crippen molar-refractivity contribution in [2.45, 2.75) is 134 Å². The first-order valence-electron chi connectivity index (χ1n) is 18.3. The average molecular weight is 706 g/mol. The van der Waals surface area contributed by atoms with Gasteiger partial charge in [0.2, 0.25) is 12.0 Å². The third-order valence-electron chi connectivity index (χ3n) is 12.7. The van der Waals surface area contributed by atoms with Crippen molar-refractivity contribution >= 4 is 5.97 Å². The number of ether oxygens (including phenoxy) is 5. The van der Waals surface area contributed by atoms with Crippen LogP contribution in [0.5, 0.6) is 0 Å². The molecule has 4 aliphatic heterocycles. The first-order valence-corrected chi connectivity index (χ1v) is 18.3. The normalized spacial score (nSPS) is 40.3. The predicted molar refractivity (Wildman–Crippen MR) is 168 cm³/mol. The van der Waals surface area contributed by atoms with Crippen molar-refractivity contribution < 1.29 is 62.0 Å². The van der Waals surface area contributed by atoms with Crippen LogP contribution in [0.2, 0.25) is 0 Å². The van der Waals surface area contributed by atoms with Gasteiger partial charge < -0.3 is 33.9 Å². The van der Waals surface area contributed by atoms with Gasteiger partial charge in [0.05, 0.1) is 19.3 Å². The average Bonchev–Trinajstić information content (AvgIpc) is 3.21. The van der Waals surface area contributed by atoms with Crippen LogP contribution in [0, 0.1) is 35.5 Å². The van der Waals surface area contributed by atoms with Crippen molar-refractivity contribution in [1.82, 2.24) is 4.90 Å². The highest BCUT2D eigenvalue weighted by molar-refractivity contribution is 5.69. The van der Waals surface area contributed by atoms with Gasteiger partial charge in [0, 0.05) is 30.9 Å². The molecule has 4 heterocycles. The van der Waals surface area contributed by atoms with Gasteiger partial charge in [-0.2, -0.15) is 13.2 Å². The van der Waals surface area contributed by atoms with Crippen LogP contribution in [0.4, 0.5) is 13.2 Å². The van der Waals surface area contributed by atoms with E-state index in [-0.39, 0.29) is 67.6 Å². The van der Waals surface area contributed by atoms with E-state index >= 15 is 0 Å². The lowest BCUT2D eigenvalue weighted by Crippen LogP contribution is -2.62. The minimum atomic E-state index is -4.77. The summed E-state index contributed by atoms with van der Waals surface area (Å²) in [5.74, 6) is -3.05. The van der Waals surface area contributed by atoms with Crippen LogP contribution < -0.4 is 0 Å². The van der Waals surface area contributed by atoms with E-state index < -0.39 is 60.4 Å². The highest BCUT2D eigenvalue weighted by Gasteiger charge is 2.69. The Morgan fingerprint density at radius 2 is 1.88 bits per heavy atom. The van der Waals surface area contributed by atoms with E-state index in [2.05, 4.69) is 6.92 Å². The van der Waals surface area contributed by atoms with Crippen LogP contribution in [0.15, 0.2) is 11.3 Å². The number of halogens is 3. The largest absolute Gasteiger partial charge is 0.480 e. The van der Waals surface area contributed by atoms with Crippen LogP contribution in [-0.4, -0.2) is 102 Å². The third-order valence-corrected chi connectivity index (χ3v) is 12.7.